The van der Waals surface area contributed by atoms with Crippen molar-refractivity contribution in [1.82, 2.24) is 10.2 Å². The van der Waals surface area contributed by atoms with E-state index in [4.69, 9.17) is 9.47 Å². The molecule has 0 saturated carbocycles. The molecular weight excluding hydrogens is 248 g/mol. The molecule has 0 spiro atoms. The maximum atomic E-state index is 12.2. The summed E-state index contributed by atoms with van der Waals surface area (Å²) in [6, 6.07) is -0.880. The average molecular weight is 272 g/mol. The number of hydrogen-bond acceptors (Lipinski definition) is 5. The van der Waals surface area contributed by atoms with E-state index < -0.39 is 12.1 Å². The molecule has 6 nitrogen and oxygen atoms in total. The highest BCUT2D eigenvalue weighted by atomic mass is 16.5. The lowest BCUT2D eigenvalue weighted by Gasteiger charge is -2.31. The number of ether oxygens (including phenoxy) is 2. The molecule has 0 bridgehead atoms. The zero-order valence-corrected chi connectivity index (χ0v) is 12.1. The van der Waals surface area contributed by atoms with Crippen LogP contribution >= 0.6 is 0 Å². The quantitative estimate of drug-likeness (QED) is 0.715. The lowest BCUT2D eigenvalue weighted by molar-refractivity contribution is -0.145. The minimum absolute atomic E-state index is 0.00199. The molecule has 2 atom stereocenters. The van der Waals surface area contributed by atoms with Crippen LogP contribution in [0.15, 0.2) is 0 Å². The van der Waals surface area contributed by atoms with Crippen molar-refractivity contribution in [2.45, 2.75) is 32.9 Å². The minimum atomic E-state index is -0.468. The van der Waals surface area contributed by atoms with Gasteiger partial charge in [-0.3, -0.25) is 14.9 Å². The van der Waals surface area contributed by atoms with E-state index in [-0.39, 0.29) is 17.8 Å². The Labute approximate surface area is 114 Å². The predicted octanol–water partition coefficient (Wildman–Crippen LogP) is 0.0209. The Hall–Kier alpha value is -1.14. The Bertz CT molecular complexity index is 314. The third-order valence-electron chi connectivity index (χ3n) is 3.24. The number of carbonyl (C=O) groups is 2. The van der Waals surface area contributed by atoms with Crippen molar-refractivity contribution in [3.63, 3.8) is 0 Å². The summed E-state index contributed by atoms with van der Waals surface area (Å²) in [5.74, 6) is -0.276. The summed E-state index contributed by atoms with van der Waals surface area (Å²) in [6.07, 6.45) is 0. The molecule has 110 valence electrons. The standard InChI is InChI=1S/C13H24N2O4/c1-9(2)11(13(17)18-4)14-10(3)12(16)15-5-7-19-8-6-15/h9-11,14H,5-8H2,1-4H3. The molecule has 2 unspecified atom stereocenters. The van der Waals surface area contributed by atoms with Gasteiger partial charge in [0.1, 0.15) is 6.04 Å². The molecule has 1 aliphatic rings. The minimum Gasteiger partial charge on any atom is -0.468 e. The van der Waals surface area contributed by atoms with Crippen LogP contribution in [0.2, 0.25) is 0 Å². The number of hydrogen-bond donors (Lipinski definition) is 1. The van der Waals surface area contributed by atoms with Gasteiger partial charge in [0.15, 0.2) is 0 Å². The average Bonchev–Trinajstić information content (AvgIpc) is 2.43. The van der Waals surface area contributed by atoms with Crippen LogP contribution in [-0.4, -0.2) is 62.3 Å². The van der Waals surface area contributed by atoms with Gasteiger partial charge in [-0.1, -0.05) is 13.8 Å². The first-order valence-corrected chi connectivity index (χ1v) is 6.67. The molecule has 1 saturated heterocycles. The van der Waals surface area contributed by atoms with E-state index >= 15 is 0 Å². The molecule has 1 amide bonds. The Balaban J connectivity index is 2.57. The summed E-state index contributed by atoms with van der Waals surface area (Å²) in [5.41, 5.74) is 0. The van der Waals surface area contributed by atoms with Gasteiger partial charge in [-0.25, -0.2) is 0 Å². The SMILES string of the molecule is COC(=O)C(NC(C)C(=O)N1CCOCC1)C(C)C. The van der Waals surface area contributed by atoms with Crippen molar-refractivity contribution in [3.8, 4) is 0 Å². The second kappa shape index (κ2) is 7.45. The van der Waals surface area contributed by atoms with E-state index in [1.54, 1.807) is 11.8 Å². The third-order valence-corrected chi connectivity index (χ3v) is 3.24. The molecule has 1 aliphatic heterocycles. The number of methoxy groups -OCH3 is 1. The summed E-state index contributed by atoms with van der Waals surface area (Å²) < 4.78 is 9.97. The van der Waals surface area contributed by atoms with Crippen LogP contribution in [0, 0.1) is 5.92 Å². The van der Waals surface area contributed by atoms with Crippen molar-refractivity contribution in [3.05, 3.63) is 0 Å². The summed E-state index contributed by atoms with van der Waals surface area (Å²) >= 11 is 0. The maximum absolute atomic E-state index is 12.2. The topological polar surface area (TPSA) is 67.9 Å². The van der Waals surface area contributed by atoms with Crippen LogP contribution in [0.5, 0.6) is 0 Å². The zero-order valence-electron chi connectivity index (χ0n) is 12.1. The molecule has 0 aliphatic carbocycles. The first kappa shape index (κ1) is 15.9. The Morgan fingerprint density at radius 3 is 2.26 bits per heavy atom. The highest BCUT2D eigenvalue weighted by molar-refractivity contribution is 5.83. The Morgan fingerprint density at radius 2 is 1.79 bits per heavy atom. The van der Waals surface area contributed by atoms with Gasteiger partial charge < -0.3 is 14.4 Å². The molecule has 19 heavy (non-hydrogen) atoms. The number of rotatable bonds is 5. The van der Waals surface area contributed by atoms with E-state index in [0.717, 1.165) is 0 Å². The molecule has 1 heterocycles. The maximum Gasteiger partial charge on any atom is 0.323 e. The van der Waals surface area contributed by atoms with Crippen LogP contribution in [0.4, 0.5) is 0 Å². The van der Waals surface area contributed by atoms with Crippen LogP contribution in [0.25, 0.3) is 0 Å². The number of carbonyl (C=O) groups excluding carboxylic acids is 2. The predicted molar refractivity (Wildman–Crippen MR) is 70.6 cm³/mol. The van der Waals surface area contributed by atoms with Gasteiger partial charge in [0.25, 0.3) is 0 Å². The van der Waals surface area contributed by atoms with Crippen molar-refractivity contribution in [2.24, 2.45) is 5.92 Å². The van der Waals surface area contributed by atoms with Crippen molar-refractivity contribution >= 4 is 11.9 Å². The van der Waals surface area contributed by atoms with Crippen LogP contribution in [-0.2, 0) is 19.1 Å². The van der Waals surface area contributed by atoms with E-state index in [2.05, 4.69) is 5.32 Å². The molecule has 1 N–H and O–H groups in total. The number of nitrogens with zero attached hydrogens (tertiary/aromatic N) is 1. The normalized spacial score (nSPS) is 19.1. The largest absolute Gasteiger partial charge is 0.468 e. The summed E-state index contributed by atoms with van der Waals surface area (Å²) in [7, 11) is 1.36. The number of esters is 1. The molecule has 0 aromatic rings. The highest BCUT2D eigenvalue weighted by Gasteiger charge is 2.29. The van der Waals surface area contributed by atoms with Crippen molar-refractivity contribution in [1.29, 1.82) is 0 Å². The van der Waals surface area contributed by atoms with Gasteiger partial charge >= 0.3 is 5.97 Å². The summed E-state index contributed by atoms with van der Waals surface area (Å²) in [4.78, 5) is 25.6. The first-order chi connectivity index (χ1) is 8.97. The second-order valence-corrected chi connectivity index (χ2v) is 5.07. The Morgan fingerprint density at radius 1 is 1.21 bits per heavy atom. The molecule has 0 aromatic carbocycles. The summed E-state index contributed by atoms with van der Waals surface area (Å²) in [5, 5.41) is 3.06. The van der Waals surface area contributed by atoms with Gasteiger partial charge in [0.2, 0.25) is 5.91 Å². The molecule has 1 rings (SSSR count). The number of nitrogens with one attached hydrogen (secondary N) is 1. The van der Waals surface area contributed by atoms with Crippen molar-refractivity contribution in [2.75, 3.05) is 33.4 Å². The lowest BCUT2D eigenvalue weighted by Crippen LogP contribution is -2.54. The first-order valence-electron chi connectivity index (χ1n) is 6.67. The fraction of sp³-hybridized carbons (Fsp3) is 0.846. The lowest BCUT2D eigenvalue weighted by atomic mass is 10.0. The van der Waals surface area contributed by atoms with E-state index in [1.807, 2.05) is 13.8 Å². The number of amides is 1. The van der Waals surface area contributed by atoms with Gasteiger partial charge in [0.05, 0.1) is 26.4 Å². The highest BCUT2D eigenvalue weighted by Crippen LogP contribution is 2.07. The van der Waals surface area contributed by atoms with E-state index in [1.165, 1.54) is 7.11 Å². The number of morpholine rings is 1. The second-order valence-electron chi connectivity index (χ2n) is 5.07. The monoisotopic (exact) mass is 272 g/mol. The van der Waals surface area contributed by atoms with Gasteiger partial charge in [-0.2, -0.15) is 0 Å². The van der Waals surface area contributed by atoms with E-state index in [9.17, 15) is 9.59 Å². The molecule has 0 aromatic heterocycles. The molecule has 1 fully saturated rings. The fourth-order valence-corrected chi connectivity index (χ4v) is 2.06. The zero-order chi connectivity index (χ0) is 14.4. The smallest absolute Gasteiger partial charge is 0.323 e. The Kier molecular flexibility index (Phi) is 6.24. The third kappa shape index (κ3) is 4.47. The molecule has 0 radical (unpaired) electrons. The van der Waals surface area contributed by atoms with Gasteiger partial charge in [-0.05, 0) is 12.8 Å². The van der Waals surface area contributed by atoms with Crippen LogP contribution in [0.1, 0.15) is 20.8 Å². The molecule has 6 heteroatoms. The van der Waals surface area contributed by atoms with Gasteiger partial charge in [-0.15, -0.1) is 0 Å². The molecular formula is C13H24N2O4. The summed E-state index contributed by atoms with van der Waals surface area (Å²) in [6.45, 7) is 7.97. The fourth-order valence-electron chi connectivity index (χ4n) is 2.06. The van der Waals surface area contributed by atoms with Crippen LogP contribution < -0.4 is 5.32 Å². The van der Waals surface area contributed by atoms with Crippen LogP contribution in [0.3, 0.4) is 0 Å². The van der Waals surface area contributed by atoms with E-state index in [0.29, 0.717) is 26.3 Å². The van der Waals surface area contributed by atoms with Gasteiger partial charge in [0, 0.05) is 13.1 Å². The van der Waals surface area contributed by atoms with Crippen molar-refractivity contribution < 1.29 is 19.1 Å².